The van der Waals surface area contributed by atoms with Crippen molar-refractivity contribution in [3.05, 3.63) is 17.8 Å². The molecule has 0 N–H and O–H groups in total. The molecule has 0 radical (unpaired) electrons. The van der Waals surface area contributed by atoms with Crippen LogP contribution in [-0.2, 0) is 0 Å². The molecule has 1 aromatic rings. The molecule has 106 valence electrons. The molecule has 4 heteroatoms. The molecular formula is C15H25N3O. The predicted molar refractivity (Wildman–Crippen MR) is 80.4 cm³/mol. The maximum atomic E-state index is 5.76. The molecule has 1 atom stereocenters. The summed E-state index contributed by atoms with van der Waals surface area (Å²) in [5.74, 6) is 0.682. The van der Waals surface area contributed by atoms with Crippen LogP contribution in [0.3, 0.4) is 0 Å². The van der Waals surface area contributed by atoms with Crippen LogP contribution in [-0.4, -0.2) is 35.9 Å². The highest BCUT2D eigenvalue weighted by Crippen LogP contribution is 2.21. The van der Waals surface area contributed by atoms with E-state index in [4.69, 9.17) is 4.74 Å². The van der Waals surface area contributed by atoms with Gasteiger partial charge in [-0.2, -0.15) is 0 Å². The third-order valence-corrected chi connectivity index (χ3v) is 2.94. The highest BCUT2D eigenvalue weighted by atomic mass is 16.5. The molecule has 0 aliphatic rings. The molecule has 0 aliphatic carbocycles. The van der Waals surface area contributed by atoms with Crippen LogP contribution in [0.1, 0.15) is 39.3 Å². The third kappa shape index (κ3) is 5.28. The van der Waals surface area contributed by atoms with Crippen LogP contribution >= 0.6 is 0 Å². The highest BCUT2D eigenvalue weighted by Gasteiger charge is 2.06. The summed E-state index contributed by atoms with van der Waals surface area (Å²) >= 11 is 0. The van der Waals surface area contributed by atoms with Crippen molar-refractivity contribution in [3.8, 4) is 5.88 Å². The lowest BCUT2D eigenvalue weighted by Gasteiger charge is -2.13. The lowest BCUT2D eigenvalue weighted by atomic mass is 10.2. The summed E-state index contributed by atoms with van der Waals surface area (Å²) < 4.78 is 5.76. The van der Waals surface area contributed by atoms with E-state index in [1.807, 2.05) is 37.3 Å². The van der Waals surface area contributed by atoms with Gasteiger partial charge in [0.25, 0.3) is 0 Å². The van der Waals surface area contributed by atoms with E-state index in [-0.39, 0.29) is 6.10 Å². The largest absolute Gasteiger partial charge is 0.475 e. The van der Waals surface area contributed by atoms with E-state index < -0.39 is 0 Å². The van der Waals surface area contributed by atoms with Gasteiger partial charge in [-0.1, -0.05) is 13.3 Å². The second-order valence-corrected chi connectivity index (χ2v) is 4.79. The molecule has 0 bridgehead atoms. The standard InChI is InChI=1S/C15H25N3O/c1-6-8-12(3)19-15-10-9-14(13(4)17-15)16-11-18(5)7-2/h9-12H,6-8H2,1-5H3/b16-11+. The number of aliphatic imine (C=N–C) groups is 1. The second-order valence-electron chi connectivity index (χ2n) is 4.79. The Bertz CT molecular complexity index is 418. The van der Waals surface area contributed by atoms with Gasteiger partial charge in [-0.25, -0.2) is 9.98 Å². The van der Waals surface area contributed by atoms with E-state index >= 15 is 0 Å². The van der Waals surface area contributed by atoms with Crippen molar-refractivity contribution in [2.24, 2.45) is 4.99 Å². The monoisotopic (exact) mass is 263 g/mol. The quantitative estimate of drug-likeness (QED) is 0.557. The Hall–Kier alpha value is -1.58. The van der Waals surface area contributed by atoms with Crippen molar-refractivity contribution in [2.75, 3.05) is 13.6 Å². The molecule has 0 aromatic carbocycles. The Morgan fingerprint density at radius 3 is 2.74 bits per heavy atom. The van der Waals surface area contributed by atoms with E-state index in [2.05, 4.69) is 30.7 Å². The minimum absolute atomic E-state index is 0.206. The number of ether oxygens (including phenoxy) is 1. The molecule has 19 heavy (non-hydrogen) atoms. The number of aryl methyl sites for hydroxylation is 1. The fourth-order valence-corrected chi connectivity index (χ4v) is 1.65. The van der Waals surface area contributed by atoms with E-state index in [9.17, 15) is 0 Å². The molecule has 0 saturated carbocycles. The van der Waals surface area contributed by atoms with Crippen LogP contribution in [0.4, 0.5) is 5.69 Å². The van der Waals surface area contributed by atoms with E-state index in [0.29, 0.717) is 5.88 Å². The highest BCUT2D eigenvalue weighted by molar-refractivity contribution is 5.62. The van der Waals surface area contributed by atoms with Crippen LogP contribution < -0.4 is 4.74 Å². The molecule has 1 rings (SSSR count). The number of hydrogen-bond donors (Lipinski definition) is 0. The summed E-state index contributed by atoms with van der Waals surface area (Å²) in [5, 5.41) is 0. The van der Waals surface area contributed by atoms with Gasteiger partial charge in [0.1, 0.15) is 0 Å². The van der Waals surface area contributed by atoms with Crippen molar-refractivity contribution in [1.29, 1.82) is 0 Å². The number of rotatable bonds is 7. The van der Waals surface area contributed by atoms with Gasteiger partial charge in [-0.15, -0.1) is 0 Å². The zero-order valence-corrected chi connectivity index (χ0v) is 12.7. The molecule has 1 heterocycles. The smallest absolute Gasteiger partial charge is 0.213 e. The Morgan fingerprint density at radius 1 is 1.42 bits per heavy atom. The van der Waals surface area contributed by atoms with Gasteiger partial charge in [0.2, 0.25) is 5.88 Å². The maximum Gasteiger partial charge on any atom is 0.213 e. The van der Waals surface area contributed by atoms with Crippen LogP contribution in [0.15, 0.2) is 17.1 Å². The lowest BCUT2D eigenvalue weighted by Crippen LogP contribution is -2.14. The minimum Gasteiger partial charge on any atom is -0.475 e. The molecule has 1 aromatic heterocycles. The summed E-state index contributed by atoms with van der Waals surface area (Å²) in [4.78, 5) is 10.9. The molecular weight excluding hydrogens is 238 g/mol. The van der Waals surface area contributed by atoms with E-state index in [1.54, 1.807) is 0 Å². The Morgan fingerprint density at radius 2 is 2.16 bits per heavy atom. The SMILES string of the molecule is CCCC(C)Oc1ccc(/N=C/N(C)CC)c(C)n1. The first kappa shape index (κ1) is 15.5. The van der Waals surface area contributed by atoms with Crippen molar-refractivity contribution in [3.63, 3.8) is 0 Å². The van der Waals surface area contributed by atoms with E-state index in [1.165, 1.54) is 0 Å². The van der Waals surface area contributed by atoms with Crippen LogP contribution in [0.25, 0.3) is 0 Å². The van der Waals surface area contributed by atoms with Gasteiger partial charge in [0.15, 0.2) is 0 Å². The average Bonchev–Trinajstić information content (AvgIpc) is 2.37. The minimum atomic E-state index is 0.206. The zero-order valence-electron chi connectivity index (χ0n) is 12.7. The van der Waals surface area contributed by atoms with E-state index in [0.717, 1.165) is 30.8 Å². The molecule has 4 nitrogen and oxygen atoms in total. The Labute approximate surface area is 116 Å². The molecule has 0 spiro atoms. The van der Waals surface area contributed by atoms with Crippen LogP contribution in [0, 0.1) is 6.92 Å². The number of nitrogens with zero attached hydrogens (tertiary/aromatic N) is 3. The normalized spacial score (nSPS) is 12.7. The summed E-state index contributed by atoms with van der Waals surface area (Å²) in [6, 6.07) is 3.84. The number of aromatic nitrogens is 1. The maximum absolute atomic E-state index is 5.76. The fourth-order valence-electron chi connectivity index (χ4n) is 1.65. The van der Waals surface area contributed by atoms with Gasteiger partial charge < -0.3 is 9.64 Å². The topological polar surface area (TPSA) is 37.7 Å². The Balaban J connectivity index is 2.71. The van der Waals surface area contributed by atoms with Crippen molar-refractivity contribution in [2.45, 2.75) is 46.6 Å². The number of hydrogen-bond acceptors (Lipinski definition) is 3. The first-order valence-corrected chi connectivity index (χ1v) is 6.95. The van der Waals surface area contributed by atoms with Crippen LogP contribution in [0.5, 0.6) is 5.88 Å². The van der Waals surface area contributed by atoms with Gasteiger partial charge in [0, 0.05) is 19.7 Å². The molecule has 0 saturated heterocycles. The van der Waals surface area contributed by atoms with Gasteiger partial charge >= 0.3 is 0 Å². The first-order valence-electron chi connectivity index (χ1n) is 6.95. The van der Waals surface area contributed by atoms with Gasteiger partial charge in [0.05, 0.1) is 23.8 Å². The molecule has 0 fully saturated rings. The molecule has 0 aliphatic heterocycles. The van der Waals surface area contributed by atoms with Gasteiger partial charge in [-0.3, -0.25) is 0 Å². The van der Waals surface area contributed by atoms with Crippen molar-refractivity contribution in [1.82, 2.24) is 9.88 Å². The van der Waals surface area contributed by atoms with Crippen molar-refractivity contribution >= 4 is 12.0 Å². The van der Waals surface area contributed by atoms with Crippen molar-refractivity contribution < 1.29 is 4.74 Å². The summed E-state index contributed by atoms with van der Waals surface area (Å²) in [6.45, 7) is 9.20. The summed E-state index contributed by atoms with van der Waals surface area (Å²) in [5.41, 5.74) is 1.78. The second kappa shape index (κ2) is 7.77. The lowest BCUT2D eigenvalue weighted by molar-refractivity contribution is 0.201. The predicted octanol–water partition coefficient (Wildman–Crippen LogP) is 3.57. The number of pyridine rings is 1. The Kier molecular flexibility index (Phi) is 6.33. The zero-order chi connectivity index (χ0) is 14.3. The average molecular weight is 263 g/mol. The van der Waals surface area contributed by atoms with Crippen LogP contribution in [0.2, 0.25) is 0 Å². The third-order valence-electron chi connectivity index (χ3n) is 2.94. The molecule has 0 amide bonds. The molecule has 1 unspecified atom stereocenters. The fraction of sp³-hybridized carbons (Fsp3) is 0.600. The first-order chi connectivity index (χ1) is 9.06. The van der Waals surface area contributed by atoms with Gasteiger partial charge in [-0.05, 0) is 33.3 Å². The summed E-state index contributed by atoms with van der Waals surface area (Å²) in [7, 11) is 2.00. The summed E-state index contributed by atoms with van der Waals surface area (Å²) in [6.07, 6.45) is 4.19.